The lowest BCUT2D eigenvalue weighted by Gasteiger charge is -2.19. The van der Waals surface area contributed by atoms with Gasteiger partial charge in [-0.1, -0.05) is 53.7 Å². The van der Waals surface area contributed by atoms with Crippen molar-refractivity contribution < 1.29 is 0 Å². The molecule has 1 aromatic heterocycles. The minimum atomic E-state index is -0.0913. The minimum Gasteiger partial charge on any atom is -0.314 e. The highest BCUT2D eigenvalue weighted by Crippen LogP contribution is 2.33. The number of amidine groups is 1. The maximum absolute atomic E-state index is 6.21. The van der Waals surface area contributed by atoms with Gasteiger partial charge in [0.15, 0.2) is 11.1 Å². The van der Waals surface area contributed by atoms with Crippen LogP contribution >= 0.6 is 11.6 Å². The first-order chi connectivity index (χ1) is 11.8. The fraction of sp³-hybridized carbons (Fsp3) is 0.167. The predicted molar refractivity (Wildman–Crippen MR) is 95.8 cm³/mol. The first kappa shape index (κ1) is 14.9. The number of halogens is 1. The summed E-state index contributed by atoms with van der Waals surface area (Å²) < 4.78 is 1.77. The van der Waals surface area contributed by atoms with Gasteiger partial charge in [-0.2, -0.15) is 4.68 Å². The first-order valence-electron chi connectivity index (χ1n) is 7.86. The number of para-hydroxylation sites is 1. The van der Waals surface area contributed by atoms with Crippen LogP contribution in [0, 0.1) is 0 Å². The molecule has 0 amide bonds. The standard InChI is InChI=1S/C18H16ClN5/c19-18-20-15(12-11-13-7-3-1-4-8-13)16-17(21-18)24(23-22-16)14-9-5-2-6-10-14/h1-10,15H,11-12H2,(H,20,21)/t15-/m1/s1. The van der Waals surface area contributed by atoms with Crippen LogP contribution < -0.4 is 5.32 Å². The quantitative estimate of drug-likeness (QED) is 0.733. The summed E-state index contributed by atoms with van der Waals surface area (Å²) in [5, 5.41) is 12.1. The summed E-state index contributed by atoms with van der Waals surface area (Å²) in [4.78, 5) is 4.50. The number of hydrogen-bond acceptors (Lipinski definition) is 4. The lowest BCUT2D eigenvalue weighted by Crippen LogP contribution is -2.18. The van der Waals surface area contributed by atoms with Crippen LogP contribution in [-0.2, 0) is 6.42 Å². The van der Waals surface area contributed by atoms with Crippen molar-refractivity contribution >= 4 is 22.7 Å². The molecule has 120 valence electrons. The van der Waals surface area contributed by atoms with Crippen molar-refractivity contribution in [2.75, 3.05) is 5.32 Å². The molecule has 6 heteroatoms. The normalized spacial score (nSPS) is 16.2. The van der Waals surface area contributed by atoms with Crippen LogP contribution in [0.1, 0.15) is 23.7 Å². The van der Waals surface area contributed by atoms with Gasteiger partial charge in [0.25, 0.3) is 0 Å². The molecule has 0 bridgehead atoms. The molecule has 0 saturated carbocycles. The molecule has 24 heavy (non-hydrogen) atoms. The molecule has 0 saturated heterocycles. The summed E-state index contributed by atoms with van der Waals surface area (Å²) >= 11 is 6.21. The van der Waals surface area contributed by atoms with Crippen LogP contribution in [0.4, 0.5) is 5.82 Å². The van der Waals surface area contributed by atoms with Gasteiger partial charge in [0.1, 0.15) is 11.7 Å². The average Bonchev–Trinajstić information content (AvgIpc) is 3.05. The van der Waals surface area contributed by atoms with E-state index in [0.717, 1.165) is 30.0 Å². The molecule has 0 unspecified atom stereocenters. The Labute approximate surface area is 145 Å². The Kier molecular flexibility index (Phi) is 4.01. The summed E-state index contributed by atoms with van der Waals surface area (Å²) in [6, 6.07) is 20.1. The molecule has 0 aliphatic carbocycles. The van der Waals surface area contributed by atoms with Crippen molar-refractivity contribution in [2.24, 2.45) is 4.99 Å². The number of rotatable bonds is 4. The molecule has 0 spiro atoms. The van der Waals surface area contributed by atoms with E-state index in [1.807, 2.05) is 48.5 Å². The smallest absolute Gasteiger partial charge is 0.197 e. The lowest BCUT2D eigenvalue weighted by molar-refractivity contribution is 0.632. The highest BCUT2D eigenvalue weighted by atomic mass is 35.5. The van der Waals surface area contributed by atoms with Crippen LogP contribution in [0.25, 0.3) is 5.69 Å². The van der Waals surface area contributed by atoms with Crippen molar-refractivity contribution in [1.29, 1.82) is 0 Å². The van der Waals surface area contributed by atoms with Crippen molar-refractivity contribution in [3.8, 4) is 5.69 Å². The molecule has 0 radical (unpaired) electrons. The summed E-state index contributed by atoms with van der Waals surface area (Å²) in [5.41, 5.74) is 3.05. The van der Waals surface area contributed by atoms with Gasteiger partial charge < -0.3 is 5.32 Å². The summed E-state index contributed by atoms with van der Waals surface area (Å²) in [5.74, 6) is 0.791. The second-order valence-electron chi connectivity index (χ2n) is 5.66. The number of nitrogens with one attached hydrogen (secondary N) is 1. The van der Waals surface area contributed by atoms with Crippen LogP contribution in [0.3, 0.4) is 0 Å². The zero-order valence-corrected chi connectivity index (χ0v) is 13.7. The zero-order chi connectivity index (χ0) is 16.4. The Morgan fingerprint density at radius 2 is 1.71 bits per heavy atom. The zero-order valence-electron chi connectivity index (χ0n) is 12.9. The highest BCUT2D eigenvalue weighted by molar-refractivity contribution is 6.67. The molecular formula is C18H16ClN5. The highest BCUT2D eigenvalue weighted by Gasteiger charge is 2.27. The Hall–Kier alpha value is -2.66. The topological polar surface area (TPSA) is 55.1 Å². The SMILES string of the molecule is ClC1=N[C@H](CCc2ccccc2)c2nnn(-c3ccccc3)c2N1. The Morgan fingerprint density at radius 3 is 2.46 bits per heavy atom. The van der Waals surface area contributed by atoms with E-state index in [-0.39, 0.29) is 6.04 Å². The molecule has 3 aromatic rings. The van der Waals surface area contributed by atoms with E-state index in [0.29, 0.717) is 5.29 Å². The maximum Gasteiger partial charge on any atom is 0.197 e. The monoisotopic (exact) mass is 337 g/mol. The Balaban J connectivity index is 1.62. The van der Waals surface area contributed by atoms with Gasteiger partial charge in [0, 0.05) is 0 Å². The number of aryl methyl sites for hydroxylation is 1. The number of fused-ring (bicyclic) bond motifs is 1. The molecule has 1 N–H and O–H groups in total. The van der Waals surface area contributed by atoms with E-state index in [9.17, 15) is 0 Å². The van der Waals surface area contributed by atoms with Crippen LogP contribution in [0.15, 0.2) is 65.7 Å². The van der Waals surface area contributed by atoms with E-state index >= 15 is 0 Å². The second-order valence-corrected chi connectivity index (χ2v) is 6.01. The predicted octanol–water partition coefficient (Wildman–Crippen LogP) is 3.96. The third kappa shape index (κ3) is 2.90. The van der Waals surface area contributed by atoms with Crippen LogP contribution in [0.2, 0.25) is 0 Å². The van der Waals surface area contributed by atoms with Crippen molar-refractivity contribution in [3.63, 3.8) is 0 Å². The number of hydrogen-bond donors (Lipinski definition) is 1. The molecular weight excluding hydrogens is 322 g/mol. The van der Waals surface area contributed by atoms with E-state index in [1.54, 1.807) is 4.68 Å². The second kappa shape index (κ2) is 6.45. The third-order valence-corrected chi connectivity index (χ3v) is 4.24. The number of aliphatic imine (C=N–C) groups is 1. The van der Waals surface area contributed by atoms with Gasteiger partial charge in [-0.25, -0.2) is 4.99 Å². The van der Waals surface area contributed by atoms with Crippen LogP contribution in [0.5, 0.6) is 0 Å². The summed E-state index contributed by atoms with van der Waals surface area (Å²) in [6.07, 6.45) is 1.75. The number of nitrogens with zero attached hydrogens (tertiary/aromatic N) is 4. The molecule has 1 aliphatic rings. The van der Waals surface area contributed by atoms with E-state index < -0.39 is 0 Å². The molecule has 4 rings (SSSR count). The minimum absolute atomic E-state index is 0.0913. The Bertz CT molecular complexity index is 858. The molecule has 1 aliphatic heterocycles. The van der Waals surface area contributed by atoms with E-state index in [4.69, 9.17) is 11.6 Å². The fourth-order valence-electron chi connectivity index (χ4n) is 2.86. The summed E-state index contributed by atoms with van der Waals surface area (Å²) in [6.45, 7) is 0. The molecule has 1 atom stereocenters. The number of benzene rings is 2. The number of anilines is 1. The summed E-state index contributed by atoms with van der Waals surface area (Å²) in [7, 11) is 0. The van der Waals surface area contributed by atoms with Gasteiger partial charge in [0.2, 0.25) is 0 Å². The maximum atomic E-state index is 6.21. The molecule has 2 heterocycles. The van der Waals surface area contributed by atoms with Crippen LogP contribution in [-0.4, -0.2) is 20.3 Å². The van der Waals surface area contributed by atoms with Crippen molar-refractivity contribution in [3.05, 3.63) is 71.9 Å². The van der Waals surface area contributed by atoms with Gasteiger partial charge in [-0.3, -0.25) is 0 Å². The molecule has 5 nitrogen and oxygen atoms in total. The van der Waals surface area contributed by atoms with Gasteiger partial charge in [0.05, 0.1) is 5.69 Å². The van der Waals surface area contributed by atoms with Gasteiger partial charge >= 0.3 is 0 Å². The molecule has 2 aromatic carbocycles. The first-order valence-corrected chi connectivity index (χ1v) is 8.24. The Morgan fingerprint density at radius 1 is 1.00 bits per heavy atom. The van der Waals surface area contributed by atoms with E-state index in [1.165, 1.54) is 5.56 Å². The van der Waals surface area contributed by atoms with Crippen molar-refractivity contribution in [2.45, 2.75) is 18.9 Å². The fourth-order valence-corrected chi connectivity index (χ4v) is 3.07. The lowest BCUT2D eigenvalue weighted by atomic mass is 10.0. The van der Waals surface area contributed by atoms with Gasteiger partial charge in [-0.05, 0) is 42.1 Å². The number of aromatic nitrogens is 3. The average molecular weight is 338 g/mol. The largest absolute Gasteiger partial charge is 0.314 e. The third-order valence-electron chi connectivity index (χ3n) is 4.05. The molecule has 0 fully saturated rings. The van der Waals surface area contributed by atoms with Gasteiger partial charge in [-0.15, -0.1) is 5.10 Å². The van der Waals surface area contributed by atoms with Crippen molar-refractivity contribution in [1.82, 2.24) is 15.0 Å². The van der Waals surface area contributed by atoms with E-state index in [2.05, 4.69) is 32.8 Å².